The van der Waals surface area contributed by atoms with E-state index in [1.807, 2.05) is 6.92 Å². The molecular weight excluding hydrogens is 172 g/mol. The Morgan fingerprint density at radius 3 is 2.00 bits per heavy atom. The van der Waals surface area contributed by atoms with Gasteiger partial charge < -0.3 is 0 Å². The van der Waals surface area contributed by atoms with Gasteiger partial charge in [-0.25, -0.2) is 0 Å². The second-order valence-corrected chi connectivity index (χ2v) is 4.32. The van der Waals surface area contributed by atoms with Crippen LogP contribution in [-0.4, -0.2) is 5.78 Å². The molecule has 0 radical (unpaired) electrons. The highest BCUT2D eigenvalue weighted by atomic mass is 16.1. The Morgan fingerprint density at radius 1 is 1.14 bits per heavy atom. The molecule has 14 heavy (non-hydrogen) atoms. The van der Waals surface area contributed by atoms with Crippen LogP contribution in [0.3, 0.4) is 0 Å². The lowest BCUT2D eigenvalue weighted by molar-refractivity contribution is -0.123. The van der Waals surface area contributed by atoms with E-state index in [0.717, 1.165) is 19.3 Å². The van der Waals surface area contributed by atoms with E-state index in [2.05, 4.69) is 13.8 Å². The van der Waals surface area contributed by atoms with Crippen molar-refractivity contribution in [3.8, 4) is 0 Å². The zero-order chi connectivity index (χ0) is 10.8. The number of rotatable bonds is 3. The van der Waals surface area contributed by atoms with Crippen LogP contribution in [0.5, 0.6) is 0 Å². The van der Waals surface area contributed by atoms with Crippen LogP contribution < -0.4 is 0 Å². The first kappa shape index (κ1) is 13.7. The van der Waals surface area contributed by atoms with E-state index >= 15 is 0 Å². The van der Waals surface area contributed by atoms with Gasteiger partial charge in [-0.3, -0.25) is 4.79 Å². The summed E-state index contributed by atoms with van der Waals surface area (Å²) in [5, 5.41) is 0. The van der Waals surface area contributed by atoms with Crippen LogP contribution in [-0.2, 0) is 4.79 Å². The number of carbonyl (C=O) groups excluding carboxylic acids is 1. The molecule has 1 heteroatoms. The lowest BCUT2D eigenvalue weighted by atomic mass is 9.90. The first-order valence-electron chi connectivity index (χ1n) is 6.25. The van der Waals surface area contributed by atoms with E-state index in [1.54, 1.807) is 0 Å². The molecule has 0 heterocycles. The van der Waals surface area contributed by atoms with Crippen molar-refractivity contribution in [2.45, 2.75) is 72.1 Å². The molecule has 0 aromatic carbocycles. The summed E-state index contributed by atoms with van der Waals surface area (Å²) in [5.74, 6) is 0.833. The average Bonchev–Trinajstić information content (AvgIpc) is 2.20. The molecule has 0 amide bonds. The molecule has 1 atom stereocenters. The number of carbonyl (C=O) groups is 1. The highest BCUT2D eigenvalue weighted by Gasteiger charge is 2.16. The van der Waals surface area contributed by atoms with Gasteiger partial charge in [0.1, 0.15) is 5.78 Å². The second-order valence-electron chi connectivity index (χ2n) is 4.32. The summed E-state index contributed by atoms with van der Waals surface area (Å²) in [6.45, 7) is 6.49. The van der Waals surface area contributed by atoms with E-state index in [0.29, 0.717) is 11.7 Å². The maximum absolute atomic E-state index is 10.8. The number of hydrogen-bond donors (Lipinski definition) is 0. The highest BCUT2D eigenvalue weighted by molar-refractivity contribution is 5.81. The normalized spacial score (nSPS) is 21.4. The minimum absolute atomic E-state index is 0.365. The first-order chi connectivity index (χ1) is 6.72. The molecular formula is C13H26O. The van der Waals surface area contributed by atoms with Gasteiger partial charge in [-0.1, -0.05) is 52.9 Å². The van der Waals surface area contributed by atoms with Gasteiger partial charge in [0.25, 0.3) is 0 Å². The second kappa shape index (κ2) is 9.23. The molecule has 1 rings (SSSR count). The lowest BCUT2D eigenvalue weighted by Crippen LogP contribution is -2.14. The Labute approximate surface area is 89.3 Å². The van der Waals surface area contributed by atoms with E-state index in [9.17, 15) is 4.79 Å². The fourth-order valence-electron chi connectivity index (χ4n) is 1.66. The number of unbranched alkanes of at least 4 members (excludes halogenated alkanes) is 3. The van der Waals surface area contributed by atoms with Gasteiger partial charge in [0.15, 0.2) is 0 Å². The van der Waals surface area contributed by atoms with E-state index < -0.39 is 0 Å². The quantitative estimate of drug-likeness (QED) is 0.616. The topological polar surface area (TPSA) is 17.1 Å². The third-order valence-electron chi connectivity index (χ3n) is 2.82. The lowest BCUT2D eigenvalue weighted by Gasteiger charge is -2.14. The predicted molar refractivity (Wildman–Crippen MR) is 62.5 cm³/mol. The minimum atomic E-state index is 0.365. The Morgan fingerprint density at radius 2 is 1.71 bits per heavy atom. The fraction of sp³-hybridized carbons (Fsp3) is 0.923. The molecule has 1 aliphatic carbocycles. The van der Waals surface area contributed by atoms with Crippen molar-refractivity contribution in [2.24, 2.45) is 5.92 Å². The van der Waals surface area contributed by atoms with Crippen molar-refractivity contribution in [1.82, 2.24) is 0 Å². The van der Waals surface area contributed by atoms with Crippen molar-refractivity contribution in [1.29, 1.82) is 0 Å². The Hall–Kier alpha value is -0.330. The van der Waals surface area contributed by atoms with Gasteiger partial charge in [-0.15, -0.1) is 0 Å². The van der Waals surface area contributed by atoms with E-state index in [4.69, 9.17) is 0 Å². The Balaban J connectivity index is 0.000000255. The zero-order valence-electron chi connectivity index (χ0n) is 10.1. The molecule has 0 N–H and O–H groups in total. The molecule has 0 saturated heterocycles. The van der Waals surface area contributed by atoms with Crippen molar-refractivity contribution in [3.63, 3.8) is 0 Å². The maximum atomic E-state index is 10.8. The molecule has 1 saturated carbocycles. The third-order valence-corrected chi connectivity index (χ3v) is 2.82. The number of Topliss-reactive ketones (excluding diaryl/α,β-unsaturated/α-hetero) is 1. The first-order valence-corrected chi connectivity index (χ1v) is 6.25. The SMILES string of the molecule is CC1CCCCC1=O.CCCCCC. The largest absolute Gasteiger partial charge is 0.299 e. The highest BCUT2D eigenvalue weighted by Crippen LogP contribution is 2.18. The van der Waals surface area contributed by atoms with Crippen molar-refractivity contribution in [2.75, 3.05) is 0 Å². The summed E-state index contributed by atoms with van der Waals surface area (Å²) in [6, 6.07) is 0. The molecule has 0 aromatic heterocycles. The summed E-state index contributed by atoms with van der Waals surface area (Å²) >= 11 is 0. The predicted octanol–water partition coefficient (Wildman–Crippen LogP) is 4.35. The summed E-state index contributed by atoms with van der Waals surface area (Å²) in [6.07, 6.45) is 9.88. The van der Waals surface area contributed by atoms with Crippen LogP contribution in [0.1, 0.15) is 72.1 Å². The molecule has 1 fully saturated rings. The van der Waals surface area contributed by atoms with Crippen LogP contribution in [0.4, 0.5) is 0 Å². The van der Waals surface area contributed by atoms with E-state index in [1.165, 1.54) is 32.1 Å². The fourth-order valence-corrected chi connectivity index (χ4v) is 1.66. The summed E-state index contributed by atoms with van der Waals surface area (Å²) in [5.41, 5.74) is 0. The minimum Gasteiger partial charge on any atom is -0.299 e. The molecule has 84 valence electrons. The molecule has 1 unspecified atom stereocenters. The molecule has 0 bridgehead atoms. The van der Waals surface area contributed by atoms with Crippen LogP contribution in [0.25, 0.3) is 0 Å². The van der Waals surface area contributed by atoms with E-state index in [-0.39, 0.29) is 0 Å². The third kappa shape index (κ3) is 7.11. The molecule has 0 spiro atoms. The van der Waals surface area contributed by atoms with Crippen LogP contribution in [0.15, 0.2) is 0 Å². The zero-order valence-corrected chi connectivity index (χ0v) is 10.1. The van der Waals surface area contributed by atoms with Gasteiger partial charge in [-0.05, 0) is 12.8 Å². The maximum Gasteiger partial charge on any atom is 0.135 e. The molecule has 0 aromatic rings. The van der Waals surface area contributed by atoms with Crippen LogP contribution in [0, 0.1) is 5.92 Å². The summed E-state index contributed by atoms with van der Waals surface area (Å²) in [7, 11) is 0. The van der Waals surface area contributed by atoms with Gasteiger partial charge in [0, 0.05) is 12.3 Å². The standard InChI is InChI=1S/C7H12O.C6H14/c1-6-4-2-3-5-7(6)8;1-3-5-6-4-2/h6H,2-5H2,1H3;3-6H2,1-2H3. The van der Waals surface area contributed by atoms with Crippen molar-refractivity contribution >= 4 is 5.78 Å². The van der Waals surface area contributed by atoms with Gasteiger partial charge in [0.05, 0.1) is 0 Å². The van der Waals surface area contributed by atoms with Crippen molar-refractivity contribution in [3.05, 3.63) is 0 Å². The van der Waals surface area contributed by atoms with Crippen LogP contribution in [0.2, 0.25) is 0 Å². The van der Waals surface area contributed by atoms with Gasteiger partial charge >= 0.3 is 0 Å². The van der Waals surface area contributed by atoms with Crippen molar-refractivity contribution < 1.29 is 4.79 Å². The summed E-state index contributed by atoms with van der Waals surface area (Å²) in [4.78, 5) is 10.8. The Kier molecular flexibility index (Phi) is 9.02. The monoisotopic (exact) mass is 198 g/mol. The van der Waals surface area contributed by atoms with Gasteiger partial charge in [-0.2, -0.15) is 0 Å². The average molecular weight is 198 g/mol. The molecule has 1 nitrogen and oxygen atoms in total. The number of ketones is 1. The number of hydrogen-bond acceptors (Lipinski definition) is 1. The smallest absolute Gasteiger partial charge is 0.135 e. The van der Waals surface area contributed by atoms with Gasteiger partial charge in [0.2, 0.25) is 0 Å². The molecule has 1 aliphatic rings. The Bertz CT molecular complexity index is 136. The summed E-state index contributed by atoms with van der Waals surface area (Å²) < 4.78 is 0. The molecule has 0 aliphatic heterocycles. The van der Waals surface area contributed by atoms with Crippen LogP contribution >= 0.6 is 0 Å².